The predicted molar refractivity (Wildman–Crippen MR) is 181 cm³/mol. The average Bonchev–Trinajstić information content (AvgIpc) is 3.48. The Morgan fingerprint density at radius 2 is 1.02 bits per heavy atom. The SMILES string of the molecule is c1ccc(-c2ccc(N3c4cccc(c4)-c4cccc5c4[nH]c4c(cccc45)-c4cccc(n4)-c4cccc3n4)cc2)cc1. The standard InChI is InChI=1S/C40H26N4/c1-2-9-26(10-3-1)27-21-23-29(24-22-27)44-30-12-4-11-28(25-30)31-13-5-14-32-33-15-6-16-34(40(33)43-39(31)32)35-17-7-18-36(41-35)37-19-8-20-38(44)42-37/h1-25,43H. The number of anilines is 3. The first-order valence-corrected chi connectivity index (χ1v) is 14.8. The lowest BCUT2D eigenvalue weighted by molar-refractivity contribution is 1.17. The number of para-hydroxylation sites is 2. The van der Waals surface area contributed by atoms with Crippen molar-refractivity contribution in [3.63, 3.8) is 0 Å². The van der Waals surface area contributed by atoms with Crippen molar-refractivity contribution in [2.24, 2.45) is 0 Å². The van der Waals surface area contributed by atoms with Gasteiger partial charge in [-0.05, 0) is 65.2 Å². The van der Waals surface area contributed by atoms with Crippen molar-refractivity contribution in [1.29, 1.82) is 0 Å². The van der Waals surface area contributed by atoms with Crippen LogP contribution in [0.5, 0.6) is 0 Å². The number of aromatic nitrogens is 3. The molecule has 0 aliphatic carbocycles. The number of benzene rings is 5. The maximum atomic E-state index is 5.21. The van der Waals surface area contributed by atoms with Crippen LogP contribution in [0.25, 0.3) is 66.7 Å². The van der Waals surface area contributed by atoms with Gasteiger partial charge in [0, 0.05) is 33.3 Å². The normalized spacial score (nSPS) is 12.0. The molecule has 44 heavy (non-hydrogen) atoms. The number of hydrogen-bond acceptors (Lipinski definition) is 3. The molecular weight excluding hydrogens is 536 g/mol. The number of nitrogens with one attached hydrogen (secondary N) is 1. The van der Waals surface area contributed by atoms with Crippen molar-refractivity contribution >= 4 is 39.0 Å². The van der Waals surface area contributed by atoms with E-state index < -0.39 is 0 Å². The van der Waals surface area contributed by atoms with E-state index in [4.69, 9.17) is 9.97 Å². The van der Waals surface area contributed by atoms with Crippen molar-refractivity contribution in [2.45, 2.75) is 0 Å². The summed E-state index contributed by atoms with van der Waals surface area (Å²) >= 11 is 0. The molecule has 9 rings (SSSR count). The molecule has 206 valence electrons. The minimum absolute atomic E-state index is 0.825. The quantitative estimate of drug-likeness (QED) is 0.228. The topological polar surface area (TPSA) is 44.8 Å². The highest BCUT2D eigenvalue weighted by molar-refractivity contribution is 6.15. The van der Waals surface area contributed by atoms with E-state index in [1.54, 1.807) is 0 Å². The van der Waals surface area contributed by atoms with Gasteiger partial charge in [-0.3, -0.25) is 4.90 Å². The van der Waals surface area contributed by atoms with Gasteiger partial charge in [0.15, 0.2) is 0 Å². The summed E-state index contributed by atoms with van der Waals surface area (Å²) < 4.78 is 0. The molecule has 4 heterocycles. The summed E-state index contributed by atoms with van der Waals surface area (Å²) in [5, 5.41) is 2.39. The zero-order chi connectivity index (χ0) is 29.0. The van der Waals surface area contributed by atoms with Gasteiger partial charge in [-0.1, -0.05) is 103 Å². The molecule has 8 bridgehead atoms. The lowest BCUT2D eigenvalue weighted by Crippen LogP contribution is -2.12. The zero-order valence-corrected chi connectivity index (χ0v) is 23.8. The van der Waals surface area contributed by atoms with Gasteiger partial charge in [-0.25, -0.2) is 9.97 Å². The Balaban J connectivity index is 1.32. The summed E-state index contributed by atoms with van der Waals surface area (Å²) in [7, 11) is 0. The molecule has 0 fully saturated rings. The number of fused-ring (bicyclic) bond motifs is 10. The van der Waals surface area contributed by atoms with Gasteiger partial charge in [0.2, 0.25) is 0 Å². The number of H-pyrrole nitrogens is 1. The number of aromatic amines is 1. The van der Waals surface area contributed by atoms with Gasteiger partial charge >= 0.3 is 0 Å². The highest BCUT2D eigenvalue weighted by atomic mass is 15.2. The van der Waals surface area contributed by atoms with Crippen molar-refractivity contribution in [3.8, 4) is 44.9 Å². The van der Waals surface area contributed by atoms with Crippen LogP contribution in [-0.2, 0) is 0 Å². The molecule has 5 aromatic carbocycles. The van der Waals surface area contributed by atoms with Crippen LogP contribution >= 0.6 is 0 Å². The van der Waals surface area contributed by atoms with Crippen LogP contribution < -0.4 is 4.90 Å². The maximum Gasteiger partial charge on any atom is 0.138 e. The molecule has 1 N–H and O–H groups in total. The largest absolute Gasteiger partial charge is 0.353 e. The number of pyridine rings is 2. The number of rotatable bonds is 2. The molecule has 0 amide bonds. The second-order valence-corrected chi connectivity index (χ2v) is 11.2. The minimum atomic E-state index is 0.825. The van der Waals surface area contributed by atoms with Crippen LogP contribution in [0.3, 0.4) is 0 Å². The Labute approximate surface area is 254 Å². The van der Waals surface area contributed by atoms with Gasteiger partial charge in [-0.15, -0.1) is 0 Å². The molecular formula is C40H26N4. The van der Waals surface area contributed by atoms with E-state index in [9.17, 15) is 0 Å². The van der Waals surface area contributed by atoms with Crippen LogP contribution in [0.2, 0.25) is 0 Å². The monoisotopic (exact) mass is 562 g/mol. The first-order valence-electron chi connectivity index (χ1n) is 14.8. The molecule has 0 atom stereocenters. The van der Waals surface area contributed by atoms with Gasteiger partial charge in [0.1, 0.15) is 5.82 Å². The second-order valence-electron chi connectivity index (χ2n) is 11.2. The summed E-state index contributed by atoms with van der Waals surface area (Å²) in [5.41, 5.74) is 12.6. The van der Waals surface area contributed by atoms with E-state index >= 15 is 0 Å². The number of nitrogens with zero attached hydrogens (tertiary/aromatic N) is 3. The third-order valence-electron chi connectivity index (χ3n) is 8.57. The molecule has 4 nitrogen and oxygen atoms in total. The predicted octanol–water partition coefficient (Wildman–Crippen LogP) is 10.6. The fourth-order valence-corrected chi connectivity index (χ4v) is 6.48. The van der Waals surface area contributed by atoms with Crippen molar-refractivity contribution in [2.75, 3.05) is 4.90 Å². The fraction of sp³-hybridized carbons (Fsp3) is 0. The highest BCUT2D eigenvalue weighted by Crippen LogP contribution is 2.41. The lowest BCUT2D eigenvalue weighted by atomic mass is 10.0. The zero-order valence-electron chi connectivity index (χ0n) is 23.8. The Morgan fingerprint density at radius 1 is 0.409 bits per heavy atom. The van der Waals surface area contributed by atoms with Crippen LogP contribution in [0.15, 0.2) is 152 Å². The summed E-state index contributed by atoms with van der Waals surface area (Å²) in [6.07, 6.45) is 0. The van der Waals surface area contributed by atoms with Crippen molar-refractivity contribution in [3.05, 3.63) is 152 Å². The minimum Gasteiger partial charge on any atom is -0.353 e. The van der Waals surface area contributed by atoms with Gasteiger partial charge < -0.3 is 4.98 Å². The Hall–Kier alpha value is -6.00. The van der Waals surface area contributed by atoms with Gasteiger partial charge in [0.05, 0.1) is 28.1 Å². The molecule has 0 saturated heterocycles. The summed E-state index contributed by atoms with van der Waals surface area (Å²) in [4.78, 5) is 16.4. The Bertz CT molecular complexity index is 2340. The van der Waals surface area contributed by atoms with Crippen LogP contribution in [0.4, 0.5) is 17.2 Å². The third kappa shape index (κ3) is 3.92. The Kier molecular flexibility index (Phi) is 5.47. The maximum absolute atomic E-state index is 5.21. The van der Waals surface area contributed by atoms with E-state index in [-0.39, 0.29) is 0 Å². The van der Waals surface area contributed by atoms with Crippen molar-refractivity contribution in [1.82, 2.24) is 15.0 Å². The van der Waals surface area contributed by atoms with Crippen LogP contribution in [0.1, 0.15) is 0 Å². The van der Waals surface area contributed by atoms with E-state index in [0.29, 0.717) is 0 Å². The van der Waals surface area contributed by atoms with E-state index in [1.807, 2.05) is 18.2 Å². The highest BCUT2D eigenvalue weighted by Gasteiger charge is 2.19. The van der Waals surface area contributed by atoms with Gasteiger partial charge in [0.25, 0.3) is 0 Å². The van der Waals surface area contributed by atoms with Crippen LogP contribution in [-0.4, -0.2) is 15.0 Å². The fourth-order valence-electron chi connectivity index (χ4n) is 6.48. The lowest BCUT2D eigenvalue weighted by Gasteiger charge is -2.25. The molecule has 4 heteroatoms. The van der Waals surface area contributed by atoms with Gasteiger partial charge in [-0.2, -0.15) is 0 Å². The first-order chi connectivity index (χ1) is 21.8. The second kappa shape index (κ2) is 9.79. The number of hydrogen-bond donors (Lipinski definition) is 1. The summed E-state index contributed by atoms with van der Waals surface area (Å²) in [6, 6.07) is 53.3. The third-order valence-corrected chi connectivity index (χ3v) is 8.57. The van der Waals surface area contributed by atoms with E-state index in [2.05, 4.69) is 143 Å². The molecule has 0 unspecified atom stereocenters. The average molecular weight is 563 g/mol. The van der Waals surface area contributed by atoms with E-state index in [1.165, 1.54) is 21.9 Å². The first kappa shape index (κ1) is 24.6. The molecule has 3 aromatic heterocycles. The molecule has 1 aliphatic rings. The molecule has 1 aliphatic heterocycles. The summed E-state index contributed by atoms with van der Waals surface area (Å²) in [6.45, 7) is 0. The summed E-state index contributed by atoms with van der Waals surface area (Å²) in [5.74, 6) is 0.830. The Morgan fingerprint density at radius 3 is 1.84 bits per heavy atom. The smallest absolute Gasteiger partial charge is 0.138 e. The van der Waals surface area contributed by atoms with E-state index in [0.717, 1.165) is 62.0 Å². The van der Waals surface area contributed by atoms with Crippen molar-refractivity contribution < 1.29 is 0 Å². The molecule has 0 spiro atoms. The molecule has 8 aromatic rings. The molecule has 0 saturated carbocycles. The molecule has 0 radical (unpaired) electrons. The van der Waals surface area contributed by atoms with Crippen LogP contribution in [0, 0.1) is 0 Å².